The first-order valence-corrected chi connectivity index (χ1v) is 8.68. The normalized spacial score (nSPS) is 26.2. The van der Waals surface area contributed by atoms with Gasteiger partial charge in [-0.05, 0) is 19.4 Å². The van der Waals surface area contributed by atoms with Crippen LogP contribution in [0.2, 0.25) is 0 Å². The number of hydrogen-bond acceptors (Lipinski definition) is 3. The maximum Gasteiger partial charge on any atom is 0.168 e. The van der Waals surface area contributed by atoms with Crippen molar-refractivity contribution in [1.82, 2.24) is 4.90 Å². The van der Waals surface area contributed by atoms with Crippen LogP contribution >= 0.6 is 0 Å². The topological polar surface area (TPSA) is 37.4 Å². The third-order valence-corrected chi connectivity index (χ3v) is 5.45. The molecule has 2 heterocycles. The molecule has 0 aliphatic carbocycles. The van der Waals surface area contributed by atoms with Gasteiger partial charge in [-0.15, -0.1) is 0 Å². The van der Waals surface area contributed by atoms with Crippen molar-refractivity contribution in [2.45, 2.75) is 18.9 Å². The van der Waals surface area contributed by atoms with Crippen LogP contribution in [-0.2, 0) is 0 Å². The molecule has 0 aromatic heterocycles. The summed E-state index contributed by atoms with van der Waals surface area (Å²) in [6.45, 7) is 1.71. The molecule has 4 rings (SSSR count). The number of ketones is 2. The molecule has 0 bridgehead atoms. The summed E-state index contributed by atoms with van der Waals surface area (Å²) in [5, 5.41) is 0. The highest BCUT2D eigenvalue weighted by Gasteiger charge is 2.50. The smallest absolute Gasteiger partial charge is 0.168 e. The predicted molar refractivity (Wildman–Crippen MR) is 93.1 cm³/mol. The molecule has 2 aromatic carbocycles. The van der Waals surface area contributed by atoms with Crippen molar-refractivity contribution >= 4 is 11.6 Å². The molecule has 3 unspecified atom stereocenters. The van der Waals surface area contributed by atoms with E-state index in [0.29, 0.717) is 6.54 Å². The standard InChI is InChI=1S/C21H21NO2/c23-20(15-8-3-1-4-9-15)17-14-22-13-7-12-18(22)19(17)21(24)16-10-5-2-6-11-16/h1-6,8-11,17-19H,7,12-14H2. The number of rotatable bonds is 4. The second kappa shape index (κ2) is 6.33. The van der Waals surface area contributed by atoms with E-state index in [1.54, 1.807) is 0 Å². The Bertz CT molecular complexity index is 741. The Morgan fingerprint density at radius 2 is 1.42 bits per heavy atom. The molecular weight excluding hydrogens is 298 g/mol. The van der Waals surface area contributed by atoms with Gasteiger partial charge in [-0.2, -0.15) is 0 Å². The molecular formula is C21H21NO2. The largest absolute Gasteiger partial charge is 0.299 e. The van der Waals surface area contributed by atoms with Crippen molar-refractivity contribution < 1.29 is 9.59 Å². The first-order chi connectivity index (χ1) is 11.8. The summed E-state index contributed by atoms with van der Waals surface area (Å²) < 4.78 is 0. The first-order valence-electron chi connectivity index (χ1n) is 8.68. The Morgan fingerprint density at radius 3 is 2.04 bits per heavy atom. The summed E-state index contributed by atoms with van der Waals surface area (Å²) in [6.07, 6.45) is 2.14. The van der Waals surface area contributed by atoms with Gasteiger partial charge in [-0.1, -0.05) is 60.7 Å². The molecule has 2 aromatic rings. The van der Waals surface area contributed by atoms with Gasteiger partial charge >= 0.3 is 0 Å². The quantitative estimate of drug-likeness (QED) is 0.810. The molecule has 0 spiro atoms. The lowest BCUT2D eigenvalue weighted by Crippen LogP contribution is -2.33. The van der Waals surface area contributed by atoms with E-state index < -0.39 is 0 Å². The molecule has 2 aliphatic heterocycles. The highest BCUT2D eigenvalue weighted by Crippen LogP contribution is 2.40. The predicted octanol–water partition coefficient (Wildman–Crippen LogP) is 3.46. The van der Waals surface area contributed by atoms with Crippen LogP contribution in [0.15, 0.2) is 60.7 Å². The van der Waals surface area contributed by atoms with Gasteiger partial charge in [0.25, 0.3) is 0 Å². The zero-order valence-electron chi connectivity index (χ0n) is 13.6. The van der Waals surface area contributed by atoms with E-state index in [9.17, 15) is 9.59 Å². The summed E-state index contributed by atoms with van der Waals surface area (Å²) in [5.41, 5.74) is 1.44. The molecule has 0 amide bonds. The van der Waals surface area contributed by atoms with Crippen LogP contribution in [0.1, 0.15) is 33.6 Å². The Balaban J connectivity index is 1.68. The number of fused-ring (bicyclic) bond motifs is 1. The highest BCUT2D eigenvalue weighted by molar-refractivity contribution is 6.05. The number of hydrogen-bond donors (Lipinski definition) is 0. The van der Waals surface area contributed by atoms with Crippen molar-refractivity contribution in [2.24, 2.45) is 11.8 Å². The lowest BCUT2D eigenvalue weighted by molar-refractivity contribution is 0.0787. The first kappa shape index (κ1) is 15.3. The maximum atomic E-state index is 13.2. The van der Waals surface area contributed by atoms with Crippen molar-refractivity contribution in [2.75, 3.05) is 13.1 Å². The minimum atomic E-state index is -0.231. The molecule has 3 nitrogen and oxygen atoms in total. The van der Waals surface area contributed by atoms with Crippen molar-refractivity contribution in [1.29, 1.82) is 0 Å². The number of carbonyl (C=O) groups excluding carboxylic acids is 2. The lowest BCUT2D eigenvalue weighted by atomic mass is 9.79. The summed E-state index contributed by atoms with van der Waals surface area (Å²) >= 11 is 0. The Kier molecular flexibility index (Phi) is 4.03. The molecule has 0 N–H and O–H groups in total. The number of carbonyl (C=O) groups is 2. The molecule has 2 saturated heterocycles. The molecule has 0 saturated carbocycles. The fourth-order valence-electron chi connectivity index (χ4n) is 4.33. The zero-order chi connectivity index (χ0) is 16.5. The van der Waals surface area contributed by atoms with Gasteiger partial charge in [-0.25, -0.2) is 0 Å². The van der Waals surface area contributed by atoms with Gasteiger partial charge in [0, 0.05) is 35.5 Å². The second-order valence-corrected chi connectivity index (χ2v) is 6.80. The van der Waals surface area contributed by atoms with Crippen molar-refractivity contribution in [3.8, 4) is 0 Å². The lowest BCUT2D eigenvalue weighted by Gasteiger charge is -2.21. The van der Waals surface area contributed by atoms with E-state index in [0.717, 1.165) is 30.5 Å². The third-order valence-electron chi connectivity index (χ3n) is 5.45. The fraction of sp³-hybridized carbons (Fsp3) is 0.333. The van der Waals surface area contributed by atoms with Crippen LogP contribution in [0.5, 0.6) is 0 Å². The number of benzene rings is 2. The van der Waals surface area contributed by atoms with Gasteiger partial charge < -0.3 is 0 Å². The number of nitrogens with zero attached hydrogens (tertiary/aromatic N) is 1. The third kappa shape index (κ3) is 2.59. The van der Waals surface area contributed by atoms with Crippen LogP contribution in [0.3, 0.4) is 0 Å². The average Bonchev–Trinajstić information content (AvgIpc) is 3.23. The van der Waals surface area contributed by atoms with E-state index >= 15 is 0 Å². The molecule has 2 aliphatic rings. The molecule has 3 heteroatoms. The van der Waals surface area contributed by atoms with Gasteiger partial charge in [-0.3, -0.25) is 14.5 Å². The van der Waals surface area contributed by atoms with Crippen LogP contribution in [0.4, 0.5) is 0 Å². The van der Waals surface area contributed by atoms with E-state index in [1.165, 1.54) is 0 Å². The molecule has 24 heavy (non-hydrogen) atoms. The average molecular weight is 319 g/mol. The highest BCUT2D eigenvalue weighted by atomic mass is 16.1. The Hall–Kier alpha value is -2.26. The SMILES string of the molecule is O=C(c1ccccc1)C1CN2CCCC2C1C(=O)c1ccccc1. The van der Waals surface area contributed by atoms with Crippen LogP contribution < -0.4 is 0 Å². The van der Waals surface area contributed by atoms with Crippen molar-refractivity contribution in [3.05, 3.63) is 71.8 Å². The molecule has 0 radical (unpaired) electrons. The van der Waals surface area contributed by atoms with Gasteiger partial charge in [0.15, 0.2) is 11.6 Å². The summed E-state index contributed by atoms with van der Waals surface area (Å²) in [4.78, 5) is 28.5. The van der Waals surface area contributed by atoms with Crippen LogP contribution in [0.25, 0.3) is 0 Å². The summed E-state index contributed by atoms with van der Waals surface area (Å²) in [6, 6.07) is 19.0. The van der Waals surface area contributed by atoms with Crippen molar-refractivity contribution in [3.63, 3.8) is 0 Å². The number of Topliss-reactive ketones (excluding diaryl/α,β-unsaturated/α-hetero) is 2. The minimum absolute atomic E-state index is 0.110. The van der Waals surface area contributed by atoms with E-state index in [4.69, 9.17) is 0 Å². The summed E-state index contributed by atoms with van der Waals surface area (Å²) in [5.74, 6) is -0.216. The molecule has 2 fully saturated rings. The van der Waals surface area contributed by atoms with Gasteiger partial charge in [0.2, 0.25) is 0 Å². The van der Waals surface area contributed by atoms with E-state index in [2.05, 4.69) is 4.90 Å². The Morgan fingerprint density at radius 1 is 0.833 bits per heavy atom. The minimum Gasteiger partial charge on any atom is -0.299 e. The maximum absolute atomic E-state index is 13.2. The van der Waals surface area contributed by atoms with E-state index in [1.807, 2.05) is 60.7 Å². The molecule has 122 valence electrons. The van der Waals surface area contributed by atoms with Gasteiger partial charge in [0.1, 0.15) is 0 Å². The summed E-state index contributed by atoms with van der Waals surface area (Å²) in [7, 11) is 0. The Labute approximate surface area is 142 Å². The molecule has 3 atom stereocenters. The monoisotopic (exact) mass is 319 g/mol. The van der Waals surface area contributed by atoms with Crippen LogP contribution in [-0.4, -0.2) is 35.6 Å². The second-order valence-electron chi connectivity index (χ2n) is 6.80. The zero-order valence-corrected chi connectivity index (χ0v) is 13.6. The van der Waals surface area contributed by atoms with Crippen LogP contribution in [0, 0.1) is 11.8 Å². The van der Waals surface area contributed by atoms with E-state index in [-0.39, 0.29) is 29.4 Å². The van der Waals surface area contributed by atoms with Gasteiger partial charge in [0.05, 0.1) is 0 Å². The fourth-order valence-corrected chi connectivity index (χ4v) is 4.33.